The van der Waals surface area contributed by atoms with E-state index >= 15 is 0 Å². The van der Waals surface area contributed by atoms with Crippen molar-refractivity contribution >= 4 is 11.7 Å². The lowest BCUT2D eigenvalue weighted by atomic mass is 10.1. The Hall–Kier alpha value is -1.55. The van der Waals surface area contributed by atoms with Gasteiger partial charge in [-0.3, -0.25) is 4.79 Å². The van der Waals surface area contributed by atoms with Crippen molar-refractivity contribution in [2.75, 3.05) is 32.2 Å². The molecule has 0 atom stereocenters. The normalized spacial score (nSPS) is 10.2. The molecule has 1 aromatic rings. The molecule has 4 heteroatoms. The van der Waals surface area contributed by atoms with E-state index < -0.39 is 0 Å². The highest BCUT2D eigenvalue weighted by atomic mass is 16.5. The van der Waals surface area contributed by atoms with Gasteiger partial charge in [0.05, 0.1) is 13.2 Å². The van der Waals surface area contributed by atoms with Crippen LogP contribution in [0.1, 0.15) is 25.3 Å². The lowest BCUT2D eigenvalue weighted by Gasteiger charge is -2.11. The zero-order chi connectivity index (χ0) is 13.9. The maximum absolute atomic E-state index is 11.5. The molecule has 0 aromatic heterocycles. The van der Waals surface area contributed by atoms with E-state index in [4.69, 9.17) is 9.47 Å². The van der Waals surface area contributed by atoms with Crippen LogP contribution in [0.3, 0.4) is 0 Å². The maximum Gasteiger partial charge on any atom is 0.325 e. The van der Waals surface area contributed by atoms with E-state index in [1.165, 1.54) is 0 Å². The highest BCUT2D eigenvalue weighted by Gasteiger charge is 2.05. The SMILES string of the molecule is CCCCOC(=O)CNc1ccccc1CCOC. The number of carbonyl (C=O) groups excluding carboxylic acids is 1. The molecule has 0 saturated heterocycles. The monoisotopic (exact) mass is 265 g/mol. The fourth-order valence-corrected chi connectivity index (χ4v) is 1.67. The molecular formula is C15H23NO3. The third kappa shape index (κ3) is 6.25. The number of esters is 1. The number of anilines is 1. The van der Waals surface area contributed by atoms with Gasteiger partial charge in [-0.15, -0.1) is 0 Å². The summed E-state index contributed by atoms with van der Waals surface area (Å²) in [5, 5.41) is 3.12. The van der Waals surface area contributed by atoms with Gasteiger partial charge in [0.2, 0.25) is 0 Å². The quantitative estimate of drug-likeness (QED) is 0.551. The fourth-order valence-electron chi connectivity index (χ4n) is 1.67. The van der Waals surface area contributed by atoms with Gasteiger partial charge < -0.3 is 14.8 Å². The van der Waals surface area contributed by atoms with E-state index in [9.17, 15) is 4.79 Å². The molecule has 4 nitrogen and oxygen atoms in total. The number of methoxy groups -OCH3 is 1. The zero-order valence-corrected chi connectivity index (χ0v) is 11.8. The summed E-state index contributed by atoms with van der Waals surface area (Å²) in [7, 11) is 1.68. The van der Waals surface area contributed by atoms with Crippen LogP contribution in [0.15, 0.2) is 24.3 Å². The highest BCUT2D eigenvalue weighted by Crippen LogP contribution is 2.15. The Bertz CT molecular complexity index is 379. The first-order valence-corrected chi connectivity index (χ1v) is 6.74. The minimum Gasteiger partial charge on any atom is -0.464 e. The average molecular weight is 265 g/mol. The highest BCUT2D eigenvalue weighted by molar-refractivity contribution is 5.75. The number of hydrogen-bond acceptors (Lipinski definition) is 4. The van der Waals surface area contributed by atoms with Crippen LogP contribution in [0.5, 0.6) is 0 Å². The summed E-state index contributed by atoms with van der Waals surface area (Å²) in [4.78, 5) is 11.5. The Kier molecular flexibility index (Phi) is 7.66. The molecular weight excluding hydrogens is 242 g/mol. The van der Waals surface area contributed by atoms with Gasteiger partial charge in [0.1, 0.15) is 6.54 Å². The summed E-state index contributed by atoms with van der Waals surface area (Å²) >= 11 is 0. The number of para-hydroxylation sites is 1. The minimum absolute atomic E-state index is 0.202. The van der Waals surface area contributed by atoms with Gasteiger partial charge in [0.25, 0.3) is 0 Å². The van der Waals surface area contributed by atoms with Crippen molar-refractivity contribution in [1.29, 1.82) is 0 Å². The molecule has 0 aliphatic heterocycles. The van der Waals surface area contributed by atoms with Crippen LogP contribution in [0.25, 0.3) is 0 Å². The van der Waals surface area contributed by atoms with Gasteiger partial charge in [-0.05, 0) is 24.5 Å². The second kappa shape index (κ2) is 9.39. The second-order valence-corrected chi connectivity index (χ2v) is 4.33. The van der Waals surface area contributed by atoms with Gasteiger partial charge in [-0.2, -0.15) is 0 Å². The molecule has 0 amide bonds. The van der Waals surface area contributed by atoms with Crippen molar-refractivity contribution < 1.29 is 14.3 Å². The molecule has 0 aliphatic rings. The Morgan fingerprint density at radius 1 is 1.26 bits per heavy atom. The molecule has 0 radical (unpaired) electrons. The van der Waals surface area contributed by atoms with E-state index in [2.05, 4.69) is 12.2 Å². The molecule has 1 N–H and O–H groups in total. The molecule has 0 unspecified atom stereocenters. The number of benzene rings is 1. The predicted molar refractivity (Wildman–Crippen MR) is 76.4 cm³/mol. The van der Waals surface area contributed by atoms with Crippen molar-refractivity contribution in [3.63, 3.8) is 0 Å². The number of rotatable bonds is 9. The molecule has 0 aliphatic carbocycles. The second-order valence-electron chi connectivity index (χ2n) is 4.33. The van der Waals surface area contributed by atoms with E-state index in [0.717, 1.165) is 30.5 Å². The molecule has 0 heterocycles. The van der Waals surface area contributed by atoms with Crippen LogP contribution in [0.2, 0.25) is 0 Å². The number of carbonyl (C=O) groups is 1. The Labute approximate surface area is 115 Å². The van der Waals surface area contributed by atoms with Crippen molar-refractivity contribution in [3.05, 3.63) is 29.8 Å². The summed E-state index contributed by atoms with van der Waals surface area (Å²) in [6.07, 6.45) is 2.77. The molecule has 0 fully saturated rings. The van der Waals surface area contributed by atoms with Crippen molar-refractivity contribution in [1.82, 2.24) is 0 Å². The van der Waals surface area contributed by atoms with Crippen LogP contribution in [-0.4, -0.2) is 32.8 Å². The van der Waals surface area contributed by atoms with Crippen LogP contribution in [0.4, 0.5) is 5.69 Å². The summed E-state index contributed by atoms with van der Waals surface area (Å²) in [5.74, 6) is -0.213. The fraction of sp³-hybridized carbons (Fsp3) is 0.533. The lowest BCUT2D eigenvalue weighted by Crippen LogP contribution is -2.18. The molecule has 19 heavy (non-hydrogen) atoms. The van der Waals surface area contributed by atoms with E-state index in [1.54, 1.807) is 7.11 Å². The van der Waals surface area contributed by atoms with E-state index in [-0.39, 0.29) is 12.5 Å². The number of ether oxygens (including phenoxy) is 2. The topological polar surface area (TPSA) is 47.6 Å². The number of unbranched alkanes of at least 4 members (excludes halogenated alkanes) is 1. The van der Waals surface area contributed by atoms with Crippen molar-refractivity contribution in [2.24, 2.45) is 0 Å². The first kappa shape index (κ1) is 15.5. The predicted octanol–water partition coefficient (Wildman–Crippen LogP) is 2.63. The van der Waals surface area contributed by atoms with Crippen molar-refractivity contribution in [2.45, 2.75) is 26.2 Å². The maximum atomic E-state index is 11.5. The Balaban J connectivity index is 2.41. The summed E-state index contributed by atoms with van der Waals surface area (Å²) in [5.41, 5.74) is 2.11. The van der Waals surface area contributed by atoms with E-state index in [1.807, 2.05) is 24.3 Å². The first-order valence-electron chi connectivity index (χ1n) is 6.74. The summed E-state index contributed by atoms with van der Waals surface area (Å²) in [6, 6.07) is 7.92. The average Bonchev–Trinajstić information content (AvgIpc) is 2.44. The third-order valence-electron chi connectivity index (χ3n) is 2.78. The molecule has 1 rings (SSSR count). The van der Waals surface area contributed by atoms with Gasteiger partial charge in [-0.1, -0.05) is 31.5 Å². The van der Waals surface area contributed by atoms with Crippen LogP contribution in [-0.2, 0) is 20.7 Å². The molecule has 0 bridgehead atoms. The van der Waals surface area contributed by atoms with Crippen LogP contribution in [0, 0.1) is 0 Å². The molecule has 0 spiro atoms. The van der Waals surface area contributed by atoms with Gasteiger partial charge in [0.15, 0.2) is 0 Å². The van der Waals surface area contributed by atoms with Crippen LogP contribution < -0.4 is 5.32 Å². The largest absolute Gasteiger partial charge is 0.464 e. The smallest absolute Gasteiger partial charge is 0.325 e. The van der Waals surface area contributed by atoms with Gasteiger partial charge in [-0.25, -0.2) is 0 Å². The van der Waals surface area contributed by atoms with Gasteiger partial charge >= 0.3 is 5.97 Å². The number of hydrogen-bond donors (Lipinski definition) is 1. The minimum atomic E-state index is -0.213. The third-order valence-corrected chi connectivity index (χ3v) is 2.78. The molecule has 1 aromatic carbocycles. The van der Waals surface area contributed by atoms with E-state index in [0.29, 0.717) is 13.2 Å². The zero-order valence-electron chi connectivity index (χ0n) is 11.8. The van der Waals surface area contributed by atoms with Crippen molar-refractivity contribution in [3.8, 4) is 0 Å². The Morgan fingerprint density at radius 2 is 2.05 bits per heavy atom. The summed E-state index contributed by atoms with van der Waals surface area (Å²) < 4.78 is 10.2. The molecule has 106 valence electrons. The summed E-state index contributed by atoms with van der Waals surface area (Å²) in [6.45, 7) is 3.44. The first-order chi connectivity index (χ1) is 9.27. The Morgan fingerprint density at radius 3 is 2.79 bits per heavy atom. The van der Waals surface area contributed by atoms with Crippen LogP contribution >= 0.6 is 0 Å². The number of nitrogens with one attached hydrogen (secondary N) is 1. The molecule has 0 saturated carbocycles. The standard InChI is InChI=1S/C15H23NO3/c1-3-4-10-19-15(17)12-16-14-8-6-5-7-13(14)9-11-18-2/h5-8,16H,3-4,9-12H2,1-2H3. The van der Waals surface area contributed by atoms with Gasteiger partial charge in [0, 0.05) is 12.8 Å². The lowest BCUT2D eigenvalue weighted by molar-refractivity contribution is -0.141.